The molecule has 2 saturated heterocycles. The summed E-state index contributed by atoms with van der Waals surface area (Å²) >= 11 is 6.04. The van der Waals surface area contributed by atoms with Gasteiger partial charge in [0, 0.05) is 38.8 Å². The molecule has 0 radical (unpaired) electrons. The van der Waals surface area contributed by atoms with Gasteiger partial charge in [0.25, 0.3) is 5.91 Å². The van der Waals surface area contributed by atoms with Crippen LogP contribution in [-0.2, 0) is 4.74 Å². The summed E-state index contributed by atoms with van der Waals surface area (Å²) in [6.07, 6.45) is 3.20. The maximum Gasteiger partial charge on any atom is 0.276 e. The zero-order valence-electron chi connectivity index (χ0n) is 20.7. The van der Waals surface area contributed by atoms with Crippen LogP contribution in [0.25, 0.3) is 5.69 Å². The van der Waals surface area contributed by atoms with Gasteiger partial charge in [-0.2, -0.15) is 0 Å². The van der Waals surface area contributed by atoms with E-state index in [9.17, 15) is 4.79 Å². The lowest BCUT2D eigenvalue weighted by Gasteiger charge is -2.27. The van der Waals surface area contributed by atoms with Crippen LogP contribution in [0.15, 0.2) is 18.6 Å². The lowest BCUT2D eigenvalue weighted by atomic mass is 10.1. The summed E-state index contributed by atoms with van der Waals surface area (Å²) in [6.45, 7) is 4.29. The SMILES string of the molecule is CN1CCCN(c2cc(F)c(-n3cc(C(=O)N4CCOCC4)nn3)c(F)c2Nc2ncnc(Cl)c2N)CC1. The number of likely N-dealkylation sites (N-methyl/N-ethyl adjacent to an activating group) is 1. The van der Waals surface area contributed by atoms with E-state index in [-0.39, 0.29) is 33.7 Å². The van der Waals surface area contributed by atoms with Gasteiger partial charge < -0.3 is 30.5 Å². The van der Waals surface area contributed by atoms with Crippen LogP contribution in [0, 0.1) is 11.6 Å². The largest absolute Gasteiger partial charge is 0.393 e. The van der Waals surface area contributed by atoms with Crippen LogP contribution in [0.2, 0.25) is 5.15 Å². The van der Waals surface area contributed by atoms with Crippen LogP contribution in [0.5, 0.6) is 0 Å². The summed E-state index contributed by atoms with van der Waals surface area (Å²) in [5.74, 6) is -2.16. The summed E-state index contributed by atoms with van der Waals surface area (Å²) < 4.78 is 38.0. The molecule has 1 amide bonds. The molecule has 15 heteroatoms. The van der Waals surface area contributed by atoms with E-state index in [1.165, 1.54) is 18.6 Å². The second-order valence-corrected chi connectivity index (χ2v) is 9.42. The minimum atomic E-state index is -0.956. The smallest absolute Gasteiger partial charge is 0.276 e. The molecule has 2 fully saturated rings. The number of hydrogen-bond acceptors (Lipinski definition) is 10. The third-order valence-electron chi connectivity index (χ3n) is 6.55. The van der Waals surface area contributed by atoms with E-state index in [1.807, 2.05) is 11.9 Å². The average Bonchev–Trinajstić information content (AvgIpc) is 3.29. The van der Waals surface area contributed by atoms with Gasteiger partial charge >= 0.3 is 0 Å². The second kappa shape index (κ2) is 11.0. The Morgan fingerprint density at radius 2 is 1.92 bits per heavy atom. The summed E-state index contributed by atoms with van der Waals surface area (Å²) in [6, 6.07) is 1.23. The van der Waals surface area contributed by atoms with Gasteiger partial charge in [-0.05, 0) is 20.0 Å². The molecule has 4 heterocycles. The van der Waals surface area contributed by atoms with E-state index in [1.54, 1.807) is 4.90 Å². The maximum atomic E-state index is 16.2. The van der Waals surface area contributed by atoms with Crippen molar-refractivity contribution in [1.29, 1.82) is 0 Å². The molecule has 0 aliphatic carbocycles. The summed E-state index contributed by atoms with van der Waals surface area (Å²) in [5, 5.41) is 10.6. The molecule has 0 atom stereocenters. The molecule has 3 N–H and O–H groups in total. The molecular weight excluding hydrogens is 522 g/mol. The van der Waals surface area contributed by atoms with Crippen LogP contribution >= 0.6 is 11.6 Å². The van der Waals surface area contributed by atoms with E-state index in [2.05, 4.69) is 30.5 Å². The van der Waals surface area contributed by atoms with Crippen molar-refractivity contribution < 1.29 is 18.3 Å². The second-order valence-electron chi connectivity index (χ2n) is 9.06. The highest BCUT2D eigenvalue weighted by atomic mass is 35.5. The minimum Gasteiger partial charge on any atom is -0.393 e. The van der Waals surface area contributed by atoms with Crippen LogP contribution in [0.3, 0.4) is 0 Å². The Hall–Kier alpha value is -3.62. The molecule has 38 heavy (non-hydrogen) atoms. The number of ether oxygens (including phenoxy) is 1. The summed E-state index contributed by atoms with van der Waals surface area (Å²) in [7, 11) is 2.00. The van der Waals surface area contributed by atoms with Crippen molar-refractivity contribution in [2.24, 2.45) is 0 Å². The number of morpholine rings is 1. The minimum absolute atomic E-state index is 0.00858. The predicted octanol–water partition coefficient (Wildman–Crippen LogP) is 1.93. The lowest BCUT2D eigenvalue weighted by molar-refractivity contribution is 0.0299. The number of nitrogens with two attached hydrogens (primary N) is 1. The van der Waals surface area contributed by atoms with E-state index in [0.717, 1.165) is 17.6 Å². The Balaban J connectivity index is 1.56. The van der Waals surface area contributed by atoms with Crippen molar-refractivity contribution in [3.05, 3.63) is 41.1 Å². The first kappa shape index (κ1) is 26.0. The Morgan fingerprint density at radius 1 is 1.13 bits per heavy atom. The maximum absolute atomic E-state index is 16.2. The highest BCUT2D eigenvalue weighted by molar-refractivity contribution is 6.32. The third-order valence-corrected chi connectivity index (χ3v) is 6.85. The molecule has 202 valence electrons. The number of anilines is 4. The average molecular weight is 549 g/mol. The number of carbonyl (C=O) groups excluding carboxylic acids is 1. The number of hydrogen-bond donors (Lipinski definition) is 2. The Bertz CT molecular complexity index is 1330. The molecule has 5 rings (SSSR count). The van der Waals surface area contributed by atoms with Crippen LogP contribution in [0.4, 0.5) is 31.7 Å². The van der Waals surface area contributed by atoms with Crippen molar-refractivity contribution in [2.75, 3.05) is 75.5 Å². The van der Waals surface area contributed by atoms with E-state index in [4.69, 9.17) is 22.1 Å². The highest BCUT2D eigenvalue weighted by Gasteiger charge is 2.28. The number of nitrogens with zero attached hydrogens (tertiary/aromatic N) is 8. The van der Waals surface area contributed by atoms with Crippen LogP contribution < -0.4 is 16.0 Å². The molecule has 1 aromatic carbocycles. The highest BCUT2D eigenvalue weighted by Crippen LogP contribution is 2.38. The normalized spacial score (nSPS) is 16.9. The van der Waals surface area contributed by atoms with Crippen molar-refractivity contribution >= 4 is 40.4 Å². The molecule has 2 aliphatic rings. The number of carbonyl (C=O) groups is 1. The van der Waals surface area contributed by atoms with Gasteiger partial charge in [0.05, 0.1) is 25.1 Å². The van der Waals surface area contributed by atoms with Crippen molar-refractivity contribution in [3.8, 4) is 5.69 Å². The molecule has 0 spiro atoms. The van der Waals surface area contributed by atoms with Crippen molar-refractivity contribution in [3.63, 3.8) is 0 Å². The van der Waals surface area contributed by atoms with E-state index >= 15 is 8.78 Å². The third kappa shape index (κ3) is 5.19. The zero-order valence-corrected chi connectivity index (χ0v) is 21.5. The van der Waals surface area contributed by atoms with Gasteiger partial charge in [-0.25, -0.2) is 23.4 Å². The number of benzene rings is 1. The molecular formula is C23H27ClF2N10O2. The molecule has 0 unspecified atom stereocenters. The number of nitrogens with one attached hydrogen (secondary N) is 1. The monoisotopic (exact) mass is 548 g/mol. The van der Waals surface area contributed by atoms with Crippen LogP contribution in [-0.4, -0.2) is 100 Å². The predicted molar refractivity (Wildman–Crippen MR) is 137 cm³/mol. The van der Waals surface area contributed by atoms with Crippen molar-refractivity contribution in [2.45, 2.75) is 6.42 Å². The molecule has 0 saturated carbocycles. The Kier molecular flexibility index (Phi) is 7.53. The van der Waals surface area contributed by atoms with Crippen LogP contribution in [0.1, 0.15) is 16.9 Å². The Morgan fingerprint density at radius 3 is 2.71 bits per heavy atom. The number of aromatic nitrogens is 5. The fourth-order valence-corrected chi connectivity index (χ4v) is 4.59. The van der Waals surface area contributed by atoms with E-state index in [0.29, 0.717) is 45.9 Å². The van der Waals surface area contributed by atoms with Gasteiger partial charge in [-0.1, -0.05) is 16.8 Å². The quantitative estimate of drug-likeness (QED) is 0.456. The number of halogens is 3. The summed E-state index contributed by atoms with van der Waals surface area (Å²) in [5.41, 5.74) is 5.72. The van der Waals surface area contributed by atoms with Gasteiger partial charge in [0.2, 0.25) is 0 Å². The lowest BCUT2D eigenvalue weighted by Crippen LogP contribution is -2.40. The molecule has 2 aromatic heterocycles. The number of amides is 1. The van der Waals surface area contributed by atoms with Gasteiger partial charge in [-0.15, -0.1) is 5.10 Å². The van der Waals surface area contributed by atoms with Gasteiger partial charge in [0.1, 0.15) is 23.4 Å². The number of rotatable bonds is 5. The fourth-order valence-electron chi connectivity index (χ4n) is 4.45. The molecule has 2 aliphatic heterocycles. The first-order chi connectivity index (χ1) is 18.3. The fraction of sp³-hybridized carbons (Fsp3) is 0.435. The van der Waals surface area contributed by atoms with Crippen molar-refractivity contribution in [1.82, 2.24) is 34.8 Å². The standard InChI is InChI=1S/C23H27ClF2N10O2/c1-33-3-2-4-34(6-5-33)16-11-14(25)20(17(26)19(16)30-22-18(27)21(24)28-13-29-22)36-12-15(31-32-36)23(37)35-7-9-38-10-8-35/h11-13H,2-10,27H2,1H3,(H,28,29,30). The first-order valence-corrected chi connectivity index (χ1v) is 12.5. The Labute approximate surface area is 222 Å². The molecule has 12 nitrogen and oxygen atoms in total. The molecule has 3 aromatic rings. The van der Waals surface area contributed by atoms with Gasteiger partial charge in [-0.3, -0.25) is 4.79 Å². The van der Waals surface area contributed by atoms with E-state index < -0.39 is 23.2 Å². The zero-order chi connectivity index (χ0) is 26.8. The summed E-state index contributed by atoms with van der Waals surface area (Å²) in [4.78, 5) is 26.3. The van der Waals surface area contributed by atoms with Gasteiger partial charge in [0.15, 0.2) is 28.3 Å². The topological polar surface area (TPSA) is 131 Å². The first-order valence-electron chi connectivity index (χ1n) is 12.1. The number of nitrogen functional groups attached to an aromatic ring is 1. The molecule has 0 bridgehead atoms.